The molecule has 0 aromatic carbocycles. The van der Waals surface area contributed by atoms with Gasteiger partial charge >= 0.3 is 0 Å². The maximum atomic E-state index is 9.22. The zero-order chi connectivity index (χ0) is 14.7. The number of hydrogen-bond donors (Lipinski definition) is 1. The Hall–Kier alpha value is -0.560. The standard InChI is InChI=1S/C18H34O/c1-15(2)9-6-10-16(3)11-7-12-17(4)13-8-14-18(5)19/h9,11,17-19H,6-8,10,12-14H2,1-5H3/b16-11+. The second-order valence-corrected chi connectivity index (χ2v) is 6.33. The lowest BCUT2D eigenvalue weighted by molar-refractivity contribution is 0.178. The summed E-state index contributed by atoms with van der Waals surface area (Å²) in [6.07, 6.45) is 12.8. The van der Waals surface area contributed by atoms with Crippen molar-refractivity contribution >= 4 is 0 Å². The molecule has 0 fully saturated rings. The molecule has 0 saturated heterocycles. The van der Waals surface area contributed by atoms with Gasteiger partial charge in [0.05, 0.1) is 6.10 Å². The van der Waals surface area contributed by atoms with Crippen LogP contribution in [0.5, 0.6) is 0 Å². The molecule has 112 valence electrons. The Kier molecular flexibility index (Phi) is 10.9. The molecule has 0 aromatic rings. The van der Waals surface area contributed by atoms with E-state index in [2.05, 4.69) is 39.8 Å². The highest BCUT2D eigenvalue weighted by Gasteiger charge is 2.02. The molecule has 0 spiro atoms. The lowest BCUT2D eigenvalue weighted by atomic mass is 9.97. The number of hydrogen-bond acceptors (Lipinski definition) is 1. The van der Waals surface area contributed by atoms with E-state index >= 15 is 0 Å². The molecular weight excluding hydrogens is 232 g/mol. The summed E-state index contributed by atoms with van der Waals surface area (Å²) >= 11 is 0. The van der Waals surface area contributed by atoms with Crippen molar-refractivity contribution in [2.75, 3.05) is 0 Å². The van der Waals surface area contributed by atoms with Gasteiger partial charge in [0.1, 0.15) is 0 Å². The quantitative estimate of drug-likeness (QED) is 0.507. The molecule has 2 unspecified atom stereocenters. The highest BCUT2D eigenvalue weighted by Crippen LogP contribution is 2.16. The highest BCUT2D eigenvalue weighted by atomic mass is 16.3. The van der Waals surface area contributed by atoms with Gasteiger partial charge in [-0.25, -0.2) is 0 Å². The lowest BCUT2D eigenvalue weighted by Crippen LogP contribution is -2.01. The van der Waals surface area contributed by atoms with Gasteiger partial charge in [-0.05, 0) is 65.7 Å². The van der Waals surface area contributed by atoms with Crippen LogP contribution in [0.3, 0.4) is 0 Å². The van der Waals surface area contributed by atoms with Crippen LogP contribution in [0.1, 0.15) is 79.6 Å². The summed E-state index contributed by atoms with van der Waals surface area (Å²) < 4.78 is 0. The number of allylic oxidation sites excluding steroid dienone is 4. The minimum Gasteiger partial charge on any atom is -0.393 e. The largest absolute Gasteiger partial charge is 0.393 e. The molecular formula is C18H34O. The third-order valence-electron chi connectivity index (χ3n) is 3.56. The average Bonchev–Trinajstić information content (AvgIpc) is 2.27. The highest BCUT2D eigenvalue weighted by molar-refractivity contribution is 5.02. The van der Waals surface area contributed by atoms with Crippen LogP contribution in [0.2, 0.25) is 0 Å². The number of aliphatic hydroxyl groups is 1. The van der Waals surface area contributed by atoms with E-state index in [1.165, 1.54) is 43.3 Å². The van der Waals surface area contributed by atoms with Crippen LogP contribution in [0.15, 0.2) is 23.3 Å². The Bertz CT molecular complexity index is 269. The summed E-state index contributed by atoms with van der Waals surface area (Å²) in [5, 5.41) is 9.22. The summed E-state index contributed by atoms with van der Waals surface area (Å²) in [7, 11) is 0. The third-order valence-corrected chi connectivity index (χ3v) is 3.56. The van der Waals surface area contributed by atoms with Gasteiger partial charge < -0.3 is 5.11 Å². The van der Waals surface area contributed by atoms with Crippen molar-refractivity contribution in [2.24, 2.45) is 5.92 Å². The first-order chi connectivity index (χ1) is 8.91. The first-order valence-electron chi connectivity index (χ1n) is 7.89. The molecule has 0 bridgehead atoms. The predicted octanol–water partition coefficient (Wildman–Crippen LogP) is 5.65. The van der Waals surface area contributed by atoms with Crippen LogP contribution in [0.4, 0.5) is 0 Å². The van der Waals surface area contributed by atoms with E-state index in [4.69, 9.17) is 0 Å². The summed E-state index contributed by atoms with van der Waals surface area (Å²) in [6, 6.07) is 0. The van der Waals surface area contributed by atoms with Crippen molar-refractivity contribution in [2.45, 2.75) is 85.7 Å². The Labute approximate surface area is 120 Å². The monoisotopic (exact) mass is 266 g/mol. The van der Waals surface area contributed by atoms with Gasteiger partial charge in [-0.1, -0.05) is 43.1 Å². The van der Waals surface area contributed by atoms with Gasteiger partial charge in [-0.3, -0.25) is 0 Å². The molecule has 0 aliphatic carbocycles. The minimum atomic E-state index is -0.135. The molecule has 19 heavy (non-hydrogen) atoms. The molecule has 0 saturated carbocycles. The van der Waals surface area contributed by atoms with Gasteiger partial charge in [-0.15, -0.1) is 0 Å². The average molecular weight is 266 g/mol. The summed E-state index contributed by atoms with van der Waals surface area (Å²) in [5.41, 5.74) is 2.94. The smallest absolute Gasteiger partial charge is 0.0512 e. The van der Waals surface area contributed by atoms with Gasteiger partial charge in [0.25, 0.3) is 0 Å². The summed E-state index contributed by atoms with van der Waals surface area (Å²) in [5.74, 6) is 0.778. The summed E-state index contributed by atoms with van der Waals surface area (Å²) in [4.78, 5) is 0. The van der Waals surface area contributed by atoms with E-state index in [-0.39, 0.29) is 6.10 Å². The van der Waals surface area contributed by atoms with Crippen molar-refractivity contribution in [3.8, 4) is 0 Å². The molecule has 1 nitrogen and oxygen atoms in total. The molecule has 0 amide bonds. The normalized spacial score (nSPS) is 15.2. The minimum absolute atomic E-state index is 0.135. The van der Waals surface area contributed by atoms with Crippen molar-refractivity contribution in [1.29, 1.82) is 0 Å². The molecule has 0 aromatic heterocycles. The molecule has 1 heteroatoms. The van der Waals surface area contributed by atoms with Crippen LogP contribution in [-0.2, 0) is 0 Å². The van der Waals surface area contributed by atoms with Crippen LogP contribution in [0, 0.1) is 5.92 Å². The first kappa shape index (κ1) is 18.4. The van der Waals surface area contributed by atoms with E-state index in [0.717, 1.165) is 18.8 Å². The molecule has 0 aliphatic heterocycles. The molecule has 1 N–H and O–H groups in total. The lowest BCUT2D eigenvalue weighted by Gasteiger charge is -2.11. The van der Waals surface area contributed by atoms with Gasteiger partial charge in [0.2, 0.25) is 0 Å². The van der Waals surface area contributed by atoms with Gasteiger partial charge in [0, 0.05) is 0 Å². The zero-order valence-electron chi connectivity index (χ0n) is 13.7. The Morgan fingerprint density at radius 3 is 2.21 bits per heavy atom. The van der Waals surface area contributed by atoms with E-state index < -0.39 is 0 Å². The van der Waals surface area contributed by atoms with Gasteiger partial charge in [-0.2, -0.15) is 0 Å². The van der Waals surface area contributed by atoms with Crippen LogP contribution in [-0.4, -0.2) is 11.2 Å². The SMILES string of the molecule is CC(C)=CCC/C(C)=C/CCC(C)CCCC(C)O. The van der Waals surface area contributed by atoms with E-state index in [0.29, 0.717) is 0 Å². The zero-order valence-corrected chi connectivity index (χ0v) is 13.7. The number of rotatable bonds is 10. The summed E-state index contributed by atoms with van der Waals surface area (Å²) in [6.45, 7) is 10.8. The number of aliphatic hydroxyl groups excluding tert-OH is 1. The van der Waals surface area contributed by atoms with Gasteiger partial charge in [0.15, 0.2) is 0 Å². The van der Waals surface area contributed by atoms with Crippen molar-refractivity contribution in [3.05, 3.63) is 23.3 Å². The molecule has 0 heterocycles. The fourth-order valence-corrected chi connectivity index (χ4v) is 2.21. The van der Waals surface area contributed by atoms with Crippen LogP contribution >= 0.6 is 0 Å². The second kappa shape index (κ2) is 11.3. The van der Waals surface area contributed by atoms with E-state index in [1.54, 1.807) is 0 Å². The third kappa shape index (κ3) is 13.7. The van der Waals surface area contributed by atoms with Crippen LogP contribution < -0.4 is 0 Å². The van der Waals surface area contributed by atoms with Crippen molar-refractivity contribution in [3.63, 3.8) is 0 Å². The topological polar surface area (TPSA) is 20.2 Å². The molecule has 0 rings (SSSR count). The molecule has 0 radical (unpaired) electrons. The molecule has 2 atom stereocenters. The first-order valence-corrected chi connectivity index (χ1v) is 7.89. The van der Waals surface area contributed by atoms with E-state index in [1.807, 2.05) is 6.92 Å². The Morgan fingerprint density at radius 1 is 0.947 bits per heavy atom. The second-order valence-electron chi connectivity index (χ2n) is 6.33. The van der Waals surface area contributed by atoms with Crippen LogP contribution in [0.25, 0.3) is 0 Å². The fourth-order valence-electron chi connectivity index (χ4n) is 2.21. The maximum absolute atomic E-state index is 9.22. The Balaban J connectivity index is 3.66. The fraction of sp³-hybridized carbons (Fsp3) is 0.778. The van der Waals surface area contributed by atoms with E-state index in [9.17, 15) is 5.11 Å². The molecule has 0 aliphatic rings. The van der Waals surface area contributed by atoms with Crippen molar-refractivity contribution < 1.29 is 5.11 Å². The predicted molar refractivity (Wildman–Crippen MR) is 86.4 cm³/mol. The van der Waals surface area contributed by atoms with Crippen molar-refractivity contribution in [1.82, 2.24) is 0 Å². The Morgan fingerprint density at radius 2 is 1.63 bits per heavy atom. The maximum Gasteiger partial charge on any atom is 0.0512 e.